The van der Waals surface area contributed by atoms with E-state index in [1.54, 1.807) is 13.0 Å². The van der Waals surface area contributed by atoms with Crippen LogP contribution >= 0.6 is 0 Å². The van der Waals surface area contributed by atoms with Crippen LogP contribution < -0.4 is 4.74 Å². The van der Waals surface area contributed by atoms with Crippen LogP contribution in [-0.2, 0) is 0 Å². The third-order valence-corrected chi connectivity index (χ3v) is 3.41. The van der Waals surface area contributed by atoms with Gasteiger partial charge in [0.2, 0.25) is 0 Å². The molecule has 0 unspecified atom stereocenters. The molecule has 1 nitrogen and oxygen atoms in total. The van der Waals surface area contributed by atoms with Crippen LogP contribution in [0.15, 0.2) is 18.2 Å². The highest BCUT2D eigenvalue weighted by atomic mass is 19.1. The van der Waals surface area contributed by atoms with Crippen LogP contribution in [0.5, 0.6) is 5.75 Å². The molecule has 0 radical (unpaired) electrons. The Labute approximate surface area is 96.6 Å². The molecule has 88 valence electrons. The quantitative estimate of drug-likeness (QED) is 0.732. The van der Waals surface area contributed by atoms with Gasteiger partial charge in [-0.2, -0.15) is 0 Å². The molecule has 0 aromatic heterocycles. The highest BCUT2D eigenvalue weighted by molar-refractivity contribution is 5.28. The number of ether oxygens (including phenoxy) is 1. The Bertz CT molecular complexity index is 354. The zero-order chi connectivity index (χ0) is 11.5. The summed E-state index contributed by atoms with van der Waals surface area (Å²) >= 11 is 0. The topological polar surface area (TPSA) is 9.23 Å². The maximum atomic E-state index is 13.3. The van der Waals surface area contributed by atoms with Crippen LogP contribution in [0.4, 0.5) is 4.39 Å². The minimum absolute atomic E-state index is 0.179. The van der Waals surface area contributed by atoms with Crippen LogP contribution in [-0.4, -0.2) is 6.10 Å². The zero-order valence-electron chi connectivity index (χ0n) is 10.0. The zero-order valence-corrected chi connectivity index (χ0v) is 10.0. The highest BCUT2D eigenvalue weighted by Crippen LogP contribution is 2.27. The molecular formula is C14H19FO. The summed E-state index contributed by atoms with van der Waals surface area (Å²) in [5.41, 5.74) is 0.671. The van der Waals surface area contributed by atoms with Crippen molar-refractivity contribution in [3.05, 3.63) is 29.6 Å². The fourth-order valence-electron chi connectivity index (χ4n) is 2.19. The Kier molecular flexibility index (Phi) is 3.47. The summed E-state index contributed by atoms with van der Waals surface area (Å²) in [6, 6.07) is 5.12. The van der Waals surface area contributed by atoms with Crippen molar-refractivity contribution in [2.75, 3.05) is 0 Å². The van der Waals surface area contributed by atoms with Crippen molar-refractivity contribution >= 4 is 0 Å². The third-order valence-electron chi connectivity index (χ3n) is 3.41. The summed E-state index contributed by atoms with van der Waals surface area (Å²) in [5, 5.41) is 0. The number of benzene rings is 1. The SMILES string of the molecule is Cc1ccc(OC2CCC(C)CC2)cc1F. The van der Waals surface area contributed by atoms with Crippen LogP contribution in [0.1, 0.15) is 38.2 Å². The third kappa shape index (κ3) is 2.75. The first kappa shape index (κ1) is 11.4. The Balaban J connectivity index is 1.96. The van der Waals surface area contributed by atoms with Crippen LogP contribution in [0, 0.1) is 18.7 Å². The lowest BCUT2D eigenvalue weighted by Crippen LogP contribution is -2.23. The Morgan fingerprint density at radius 2 is 1.88 bits per heavy atom. The minimum atomic E-state index is -0.179. The molecule has 1 aliphatic carbocycles. The molecule has 2 heteroatoms. The van der Waals surface area contributed by atoms with E-state index in [4.69, 9.17) is 4.74 Å². The number of hydrogen-bond donors (Lipinski definition) is 0. The van der Waals surface area contributed by atoms with Crippen LogP contribution in [0.2, 0.25) is 0 Å². The fraction of sp³-hybridized carbons (Fsp3) is 0.571. The lowest BCUT2D eigenvalue weighted by atomic mass is 9.89. The van der Waals surface area contributed by atoms with Gasteiger partial charge >= 0.3 is 0 Å². The van der Waals surface area contributed by atoms with E-state index < -0.39 is 0 Å². The van der Waals surface area contributed by atoms with E-state index in [0.29, 0.717) is 11.3 Å². The van der Waals surface area contributed by atoms with Crippen LogP contribution in [0.3, 0.4) is 0 Å². The fourth-order valence-corrected chi connectivity index (χ4v) is 2.19. The van der Waals surface area contributed by atoms with Crippen molar-refractivity contribution < 1.29 is 9.13 Å². The summed E-state index contributed by atoms with van der Waals surface area (Å²) < 4.78 is 19.1. The molecule has 2 rings (SSSR count). The van der Waals surface area contributed by atoms with E-state index in [9.17, 15) is 4.39 Å². The van der Waals surface area contributed by atoms with Gasteiger partial charge < -0.3 is 4.74 Å². The monoisotopic (exact) mass is 222 g/mol. The standard InChI is InChI=1S/C14H19FO/c1-10-3-6-12(7-4-10)16-13-8-5-11(2)14(15)9-13/h5,8-10,12H,3-4,6-7H2,1-2H3. The minimum Gasteiger partial charge on any atom is -0.490 e. The number of aryl methyl sites for hydroxylation is 1. The smallest absolute Gasteiger partial charge is 0.129 e. The maximum Gasteiger partial charge on any atom is 0.129 e. The summed E-state index contributed by atoms with van der Waals surface area (Å²) in [6.45, 7) is 4.04. The van der Waals surface area contributed by atoms with Gasteiger partial charge in [0.05, 0.1) is 6.10 Å². The van der Waals surface area contributed by atoms with Gasteiger partial charge in [-0.15, -0.1) is 0 Å². The lowest BCUT2D eigenvalue weighted by Gasteiger charge is -2.26. The molecule has 0 saturated heterocycles. The van der Waals surface area contributed by atoms with Gasteiger partial charge in [-0.05, 0) is 50.2 Å². The molecule has 1 saturated carbocycles. The van der Waals surface area contributed by atoms with E-state index in [-0.39, 0.29) is 11.9 Å². The molecule has 0 spiro atoms. The molecule has 0 amide bonds. The second-order valence-corrected chi connectivity index (χ2v) is 4.91. The molecule has 16 heavy (non-hydrogen) atoms. The molecule has 0 heterocycles. The second-order valence-electron chi connectivity index (χ2n) is 4.91. The normalized spacial score (nSPS) is 25.4. The van der Waals surface area contributed by atoms with E-state index in [1.807, 2.05) is 6.07 Å². The average molecular weight is 222 g/mol. The summed E-state index contributed by atoms with van der Waals surface area (Å²) in [5.74, 6) is 1.30. The largest absolute Gasteiger partial charge is 0.490 e. The molecule has 1 aliphatic rings. The van der Waals surface area contributed by atoms with Crippen molar-refractivity contribution in [1.82, 2.24) is 0 Å². The van der Waals surface area contributed by atoms with Gasteiger partial charge in [0.25, 0.3) is 0 Å². The van der Waals surface area contributed by atoms with Crippen LogP contribution in [0.25, 0.3) is 0 Å². The van der Waals surface area contributed by atoms with Gasteiger partial charge in [-0.25, -0.2) is 4.39 Å². The summed E-state index contributed by atoms with van der Waals surface area (Å²) in [4.78, 5) is 0. The van der Waals surface area contributed by atoms with E-state index >= 15 is 0 Å². The molecule has 0 bridgehead atoms. The predicted molar refractivity (Wildman–Crippen MR) is 63.2 cm³/mol. The lowest BCUT2D eigenvalue weighted by molar-refractivity contribution is 0.135. The van der Waals surface area contributed by atoms with Gasteiger partial charge in [0, 0.05) is 6.07 Å². The Hall–Kier alpha value is -1.05. The number of halogens is 1. The van der Waals surface area contributed by atoms with E-state index in [2.05, 4.69) is 6.92 Å². The first-order chi connectivity index (χ1) is 7.65. The number of rotatable bonds is 2. The van der Waals surface area contributed by atoms with E-state index in [0.717, 1.165) is 18.8 Å². The maximum absolute atomic E-state index is 13.3. The first-order valence-corrected chi connectivity index (χ1v) is 6.08. The highest BCUT2D eigenvalue weighted by Gasteiger charge is 2.19. The van der Waals surface area contributed by atoms with Crippen molar-refractivity contribution in [3.63, 3.8) is 0 Å². The Morgan fingerprint density at radius 1 is 1.19 bits per heavy atom. The molecule has 1 fully saturated rings. The molecular weight excluding hydrogens is 203 g/mol. The molecule has 0 N–H and O–H groups in total. The average Bonchev–Trinajstić information content (AvgIpc) is 2.27. The molecule has 0 atom stereocenters. The van der Waals surface area contributed by atoms with Gasteiger partial charge in [0.1, 0.15) is 11.6 Å². The predicted octanol–water partition coefficient (Wildman–Crippen LogP) is 4.09. The molecule has 0 aliphatic heterocycles. The first-order valence-electron chi connectivity index (χ1n) is 6.08. The van der Waals surface area contributed by atoms with Crippen molar-refractivity contribution in [2.45, 2.75) is 45.6 Å². The second kappa shape index (κ2) is 4.86. The molecule has 1 aromatic carbocycles. The van der Waals surface area contributed by atoms with Crippen molar-refractivity contribution in [3.8, 4) is 5.75 Å². The number of hydrogen-bond acceptors (Lipinski definition) is 1. The summed E-state index contributed by atoms with van der Waals surface area (Å²) in [6.07, 6.45) is 4.91. The van der Waals surface area contributed by atoms with Gasteiger partial charge in [0.15, 0.2) is 0 Å². The van der Waals surface area contributed by atoms with Gasteiger partial charge in [-0.1, -0.05) is 13.0 Å². The molecule has 1 aromatic rings. The van der Waals surface area contributed by atoms with Crippen molar-refractivity contribution in [2.24, 2.45) is 5.92 Å². The summed E-state index contributed by atoms with van der Waals surface area (Å²) in [7, 11) is 0. The van der Waals surface area contributed by atoms with Gasteiger partial charge in [-0.3, -0.25) is 0 Å². The van der Waals surface area contributed by atoms with E-state index in [1.165, 1.54) is 18.9 Å². The Morgan fingerprint density at radius 3 is 2.50 bits per heavy atom. The van der Waals surface area contributed by atoms with Crippen molar-refractivity contribution in [1.29, 1.82) is 0 Å².